The van der Waals surface area contributed by atoms with Gasteiger partial charge in [-0.1, -0.05) is 52.8 Å². The Morgan fingerprint density at radius 1 is 0.967 bits per heavy atom. The van der Waals surface area contributed by atoms with E-state index in [2.05, 4.69) is 70.6 Å². The molecule has 0 bridgehead atoms. The van der Waals surface area contributed by atoms with Crippen LogP contribution >= 0.6 is 0 Å². The summed E-state index contributed by atoms with van der Waals surface area (Å²) in [5, 5.41) is 16.3. The Bertz CT molecular complexity index is 950. The molecule has 0 fully saturated rings. The van der Waals surface area contributed by atoms with E-state index in [1.807, 2.05) is 38.1 Å². The lowest BCUT2D eigenvalue weighted by Crippen LogP contribution is -2.30. The van der Waals surface area contributed by atoms with Crippen molar-refractivity contribution < 1.29 is 5.11 Å². The van der Waals surface area contributed by atoms with E-state index in [4.69, 9.17) is 0 Å². The van der Waals surface area contributed by atoms with E-state index >= 15 is 0 Å². The van der Waals surface area contributed by atoms with Crippen molar-refractivity contribution in [1.82, 2.24) is 15.0 Å². The molecule has 0 spiro atoms. The third-order valence-electron chi connectivity index (χ3n) is 4.99. The van der Waals surface area contributed by atoms with E-state index < -0.39 is 0 Å². The van der Waals surface area contributed by atoms with Crippen LogP contribution in [0.15, 0.2) is 54.7 Å². The molecule has 2 aromatic heterocycles. The fourth-order valence-corrected chi connectivity index (χ4v) is 3.01. The van der Waals surface area contributed by atoms with Crippen molar-refractivity contribution in [2.75, 3.05) is 17.2 Å². The molecule has 6 nitrogen and oxygen atoms in total. The topological polar surface area (TPSA) is 83.0 Å². The molecule has 6 heteroatoms. The number of benzene rings is 1. The standard InChI is InChI=1S/C24H31N5O/c1-16(2)21(15-30)28-23-27-20(19-8-6-7-13-25-19)14-22(29-23)26-18-11-9-17(10-12-18)24(3,4)5/h6-14,16,21,30H,15H2,1-5H3,(H2,26,27,28,29)/t21-/m1/s1. The van der Waals surface area contributed by atoms with Crippen LogP contribution in [-0.4, -0.2) is 32.7 Å². The van der Waals surface area contributed by atoms with Crippen molar-refractivity contribution in [3.05, 3.63) is 60.3 Å². The van der Waals surface area contributed by atoms with Gasteiger partial charge in [0.15, 0.2) is 0 Å². The van der Waals surface area contributed by atoms with E-state index in [9.17, 15) is 5.11 Å². The molecule has 1 aromatic carbocycles. The summed E-state index contributed by atoms with van der Waals surface area (Å²) < 4.78 is 0. The second-order valence-electron chi connectivity index (χ2n) is 8.81. The van der Waals surface area contributed by atoms with Gasteiger partial charge in [-0.15, -0.1) is 0 Å². The number of hydrogen-bond acceptors (Lipinski definition) is 6. The van der Waals surface area contributed by atoms with Crippen LogP contribution in [0.1, 0.15) is 40.2 Å². The zero-order valence-corrected chi connectivity index (χ0v) is 18.3. The Hall–Kier alpha value is -2.99. The highest BCUT2D eigenvalue weighted by Crippen LogP contribution is 2.26. The molecule has 0 radical (unpaired) electrons. The first-order chi connectivity index (χ1) is 14.3. The second kappa shape index (κ2) is 9.22. The summed E-state index contributed by atoms with van der Waals surface area (Å²) >= 11 is 0. The summed E-state index contributed by atoms with van der Waals surface area (Å²) in [7, 11) is 0. The Kier molecular flexibility index (Phi) is 6.67. The number of nitrogens with one attached hydrogen (secondary N) is 2. The number of nitrogens with zero attached hydrogens (tertiary/aromatic N) is 3. The third-order valence-corrected chi connectivity index (χ3v) is 4.99. The van der Waals surface area contributed by atoms with Crippen LogP contribution in [-0.2, 0) is 5.41 Å². The van der Waals surface area contributed by atoms with Crippen LogP contribution in [0.4, 0.5) is 17.5 Å². The largest absolute Gasteiger partial charge is 0.394 e. The molecule has 3 aromatic rings. The maximum Gasteiger partial charge on any atom is 0.225 e. The summed E-state index contributed by atoms with van der Waals surface area (Å²) in [6, 6.07) is 15.8. The lowest BCUT2D eigenvalue weighted by molar-refractivity contribution is 0.248. The number of hydrogen-bond donors (Lipinski definition) is 3. The molecule has 0 aliphatic heterocycles. The number of aliphatic hydroxyl groups excluding tert-OH is 1. The van der Waals surface area contributed by atoms with Gasteiger partial charge in [0.25, 0.3) is 0 Å². The molecule has 0 aliphatic carbocycles. The molecule has 30 heavy (non-hydrogen) atoms. The summed E-state index contributed by atoms with van der Waals surface area (Å²) in [4.78, 5) is 13.7. The SMILES string of the molecule is CC(C)[C@@H](CO)Nc1nc(Nc2ccc(C(C)(C)C)cc2)cc(-c2ccccn2)n1. The zero-order valence-electron chi connectivity index (χ0n) is 18.3. The van der Waals surface area contributed by atoms with Crippen LogP contribution in [0.3, 0.4) is 0 Å². The van der Waals surface area contributed by atoms with E-state index in [-0.39, 0.29) is 24.0 Å². The molecule has 0 unspecified atom stereocenters. The number of rotatable bonds is 7. The minimum atomic E-state index is -0.136. The van der Waals surface area contributed by atoms with Crippen molar-refractivity contribution in [3.8, 4) is 11.4 Å². The highest BCUT2D eigenvalue weighted by atomic mass is 16.3. The van der Waals surface area contributed by atoms with Gasteiger partial charge < -0.3 is 15.7 Å². The average molecular weight is 406 g/mol. The van der Waals surface area contributed by atoms with Gasteiger partial charge in [-0.25, -0.2) is 4.98 Å². The molecule has 0 saturated heterocycles. The highest BCUT2D eigenvalue weighted by Gasteiger charge is 2.16. The van der Waals surface area contributed by atoms with E-state index in [1.165, 1.54) is 5.56 Å². The van der Waals surface area contributed by atoms with Gasteiger partial charge >= 0.3 is 0 Å². The fraction of sp³-hybridized carbons (Fsp3) is 0.375. The van der Waals surface area contributed by atoms with Crippen LogP contribution < -0.4 is 10.6 Å². The van der Waals surface area contributed by atoms with Gasteiger partial charge in [-0.05, 0) is 41.2 Å². The molecule has 1 atom stereocenters. The summed E-state index contributed by atoms with van der Waals surface area (Å²) in [5.41, 5.74) is 3.80. The lowest BCUT2D eigenvalue weighted by Gasteiger charge is -2.21. The minimum Gasteiger partial charge on any atom is -0.394 e. The Balaban J connectivity index is 1.93. The molecule has 0 saturated carbocycles. The van der Waals surface area contributed by atoms with Gasteiger partial charge in [0.1, 0.15) is 5.82 Å². The van der Waals surface area contributed by atoms with Crippen molar-refractivity contribution >= 4 is 17.5 Å². The van der Waals surface area contributed by atoms with Gasteiger partial charge in [-0.2, -0.15) is 4.98 Å². The van der Waals surface area contributed by atoms with E-state index in [0.717, 1.165) is 11.4 Å². The summed E-state index contributed by atoms with van der Waals surface area (Å²) in [6.45, 7) is 10.7. The van der Waals surface area contributed by atoms with Gasteiger partial charge in [0.2, 0.25) is 5.95 Å². The number of pyridine rings is 1. The first-order valence-electron chi connectivity index (χ1n) is 10.3. The molecular weight excluding hydrogens is 374 g/mol. The molecule has 158 valence electrons. The first kappa shape index (κ1) is 21.7. The van der Waals surface area contributed by atoms with Gasteiger partial charge in [0, 0.05) is 18.0 Å². The van der Waals surface area contributed by atoms with Gasteiger partial charge in [0.05, 0.1) is 24.0 Å². The van der Waals surface area contributed by atoms with E-state index in [1.54, 1.807) is 6.20 Å². The molecular formula is C24H31N5O. The van der Waals surface area contributed by atoms with Crippen molar-refractivity contribution in [2.24, 2.45) is 5.92 Å². The maximum absolute atomic E-state index is 9.69. The Labute approximate surface area is 178 Å². The van der Waals surface area contributed by atoms with E-state index in [0.29, 0.717) is 17.5 Å². The molecule has 0 amide bonds. The van der Waals surface area contributed by atoms with Gasteiger partial charge in [-0.3, -0.25) is 4.98 Å². The van der Waals surface area contributed by atoms with Crippen molar-refractivity contribution in [1.29, 1.82) is 0 Å². The van der Waals surface area contributed by atoms with Crippen molar-refractivity contribution in [3.63, 3.8) is 0 Å². The predicted octanol–water partition coefficient (Wildman–Crippen LogP) is 5.01. The molecule has 2 heterocycles. The third kappa shape index (κ3) is 5.54. The quantitative estimate of drug-likeness (QED) is 0.513. The monoisotopic (exact) mass is 405 g/mol. The smallest absolute Gasteiger partial charge is 0.225 e. The number of aliphatic hydroxyl groups is 1. The minimum absolute atomic E-state index is 0.00582. The van der Waals surface area contributed by atoms with Crippen LogP contribution in [0, 0.1) is 5.92 Å². The average Bonchev–Trinajstić information content (AvgIpc) is 2.72. The van der Waals surface area contributed by atoms with Crippen LogP contribution in [0.25, 0.3) is 11.4 Å². The summed E-state index contributed by atoms with van der Waals surface area (Å²) in [6.07, 6.45) is 1.74. The Morgan fingerprint density at radius 2 is 1.70 bits per heavy atom. The van der Waals surface area contributed by atoms with Crippen molar-refractivity contribution in [2.45, 2.75) is 46.1 Å². The van der Waals surface area contributed by atoms with Crippen LogP contribution in [0.5, 0.6) is 0 Å². The second-order valence-corrected chi connectivity index (χ2v) is 8.81. The number of aromatic nitrogens is 3. The normalized spacial score (nSPS) is 12.6. The molecule has 3 N–H and O–H groups in total. The predicted molar refractivity (Wildman–Crippen MR) is 123 cm³/mol. The summed E-state index contributed by atoms with van der Waals surface area (Å²) in [5.74, 6) is 1.36. The lowest BCUT2D eigenvalue weighted by atomic mass is 9.87. The molecule has 3 rings (SSSR count). The highest BCUT2D eigenvalue weighted by molar-refractivity contribution is 5.65. The number of anilines is 3. The molecule has 0 aliphatic rings. The van der Waals surface area contributed by atoms with Crippen LogP contribution in [0.2, 0.25) is 0 Å². The fourth-order valence-electron chi connectivity index (χ4n) is 3.01. The zero-order chi connectivity index (χ0) is 21.7. The Morgan fingerprint density at radius 3 is 2.27 bits per heavy atom. The first-order valence-corrected chi connectivity index (χ1v) is 10.3. The maximum atomic E-state index is 9.69.